The molecule has 0 saturated carbocycles. The lowest BCUT2D eigenvalue weighted by molar-refractivity contribution is 0.958. The zero-order valence-corrected chi connectivity index (χ0v) is 22.4. The molecule has 0 nitrogen and oxygen atoms in total. The predicted molar refractivity (Wildman–Crippen MR) is 155 cm³/mol. The van der Waals surface area contributed by atoms with Gasteiger partial charge in [0.05, 0.1) is 0 Å². The smallest absolute Gasteiger partial charge is 0.0343 e. The molecule has 0 bridgehead atoms. The van der Waals surface area contributed by atoms with E-state index in [-0.39, 0.29) is 0 Å². The van der Waals surface area contributed by atoms with Crippen molar-refractivity contribution in [1.29, 1.82) is 0 Å². The fourth-order valence-electron chi connectivity index (χ4n) is 3.59. The van der Waals surface area contributed by atoms with E-state index in [2.05, 4.69) is 107 Å². The Balaban J connectivity index is 2.15. The van der Waals surface area contributed by atoms with E-state index in [0.29, 0.717) is 0 Å². The first-order valence-corrected chi connectivity index (χ1v) is 13.4. The maximum Gasteiger partial charge on any atom is 0.0343 e. The SMILES string of the molecule is C=C(/C=C\CCC)C(=C)C1=C(C(=C)/C(C)=C/C=C\C)Sc2c(-c3ccccc3)ccc(C)c2S1. The van der Waals surface area contributed by atoms with E-state index in [9.17, 15) is 0 Å². The molecule has 1 aliphatic rings. The van der Waals surface area contributed by atoms with Crippen molar-refractivity contribution in [3.63, 3.8) is 0 Å². The van der Waals surface area contributed by atoms with Gasteiger partial charge in [0.1, 0.15) is 0 Å². The van der Waals surface area contributed by atoms with Crippen molar-refractivity contribution in [2.75, 3.05) is 0 Å². The number of unbranched alkanes of at least 4 members (excludes halogenated alkanes) is 1. The first kappa shape index (κ1) is 25.9. The molecule has 0 amide bonds. The quantitative estimate of drug-likeness (QED) is 0.326. The van der Waals surface area contributed by atoms with Crippen LogP contribution in [0.5, 0.6) is 0 Å². The van der Waals surface area contributed by atoms with Gasteiger partial charge in [-0.25, -0.2) is 0 Å². The summed E-state index contributed by atoms with van der Waals surface area (Å²) in [6.45, 7) is 21.9. The minimum Gasteiger partial charge on any atom is -0.0912 e. The maximum atomic E-state index is 4.51. The summed E-state index contributed by atoms with van der Waals surface area (Å²) in [5.74, 6) is 0. The van der Waals surface area contributed by atoms with Crippen LogP contribution in [0.2, 0.25) is 0 Å². The molecule has 2 aromatic rings. The molecule has 0 fully saturated rings. The third-order valence-electron chi connectivity index (χ3n) is 5.73. The number of hydrogen-bond donors (Lipinski definition) is 0. The zero-order valence-electron chi connectivity index (χ0n) is 20.8. The summed E-state index contributed by atoms with van der Waals surface area (Å²) in [7, 11) is 0. The fraction of sp³-hybridized carbons (Fsp3) is 0.188. The minimum atomic E-state index is 0.956. The summed E-state index contributed by atoms with van der Waals surface area (Å²) in [5.41, 5.74) is 7.86. The van der Waals surface area contributed by atoms with E-state index < -0.39 is 0 Å². The van der Waals surface area contributed by atoms with Crippen LogP contribution in [0.15, 0.2) is 134 Å². The van der Waals surface area contributed by atoms with Gasteiger partial charge in [-0.15, -0.1) is 0 Å². The van der Waals surface area contributed by atoms with Crippen LogP contribution in [0.1, 0.15) is 39.2 Å². The molecular formula is C32H34S2. The molecule has 0 atom stereocenters. The monoisotopic (exact) mass is 482 g/mol. The van der Waals surface area contributed by atoms with Crippen molar-refractivity contribution in [2.24, 2.45) is 0 Å². The average molecular weight is 483 g/mol. The third kappa shape index (κ3) is 5.87. The van der Waals surface area contributed by atoms with E-state index in [1.54, 1.807) is 11.8 Å². The van der Waals surface area contributed by atoms with Gasteiger partial charge in [-0.2, -0.15) is 0 Å². The maximum absolute atomic E-state index is 4.51. The first-order valence-electron chi connectivity index (χ1n) is 11.7. The van der Waals surface area contributed by atoms with E-state index in [0.717, 1.165) is 44.9 Å². The zero-order chi connectivity index (χ0) is 24.7. The molecule has 34 heavy (non-hydrogen) atoms. The molecule has 0 unspecified atom stereocenters. The lowest BCUT2D eigenvalue weighted by atomic mass is 10.0. The van der Waals surface area contributed by atoms with Crippen molar-refractivity contribution in [2.45, 2.75) is 50.3 Å². The number of rotatable bonds is 9. The Kier molecular flexibility index (Phi) is 9.27. The summed E-state index contributed by atoms with van der Waals surface area (Å²) >= 11 is 3.62. The van der Waals surface area contributed by atoms with Crippen LogP contribution in [0.25, 0.3) is 11.1 Å². The van der Waals surface area contributed by atoms with Gasteiger partial charge < -0.3 is 0 Å². The van der Waals surface area contributed by atoms with Gasteiger partial charge in [0, 0.05) is 19.6 Å². The molecule has 1 heterocycles. The summed E-state index contributed by atoms with van der Waals surface area (Å²) in [4.78, 5) is 4.89. The van der Waals surface area contributed by atoms with E-state index in [1.165, 1.54) is 26.5 Å². The standard InChI is InChI=1S/C32H34S2/c1-8-10-13-17-23(4)26(7)30-31(25(6)22(3)16-11-9-2)34-32-28(27-18-14-12-15-19-27)21-20-24(5)29(32)33-30/h9,11-21H,4,6-8,10H2,1-3,5H3/b11-9-,17-13-,22-16+. The molecule has 0 aromatic heterocycles. The lowest BCUT2D eigenvalue weighted by Gasteiger charge is -2.28. The average Bonchev–Trinajstić information content (AvgIpc) is 2.86. The number of allylic oxidation sites excluding steroid dienone is 9. The lowest BCUT2D eigenvalue weighted by Crippen LogP contribution is -2.03. The van der Waals surface area contributed by atoms with Crippen LogP contribution in [0, 0.1) is 6.92 Å². The Bertz CT molecular complexity index is 1220. The van der Waals surface area contributed by atoms with E-state index in [1.807, 2.05) is 24.8 Å². The molecule has 2 aromatic carbocycles. The molecule has 0 spiro atoms. The van der Waals surface area contributed by atoms with Gasteiger partial charge in [0.25, 0.3) is 0 Å². The Morgan fingerprint density at radius 1 is 0.912 bits per heavy atom. The van der Waals surface area contributed by atoms with E-state index in [4.69, 9.17) is 0 Å². The van der Waals surface area contributed by atoms with Crippen LogP contribution in [0.4, 0.5) is 0 Å². The Morgan fingerprint density at radius 2 is 1.59 bits per heavy atom. The number of benzene rings is 2. The molecule has 174 valence electrons. The number of aryl methyl sites for hydroxylation is 1. The van der Waals surface area contributed by atoms with Crippen LogP contribution in [-0.2, 0) is 0 Å². The van der Waals surface area contributed by atoms with Crippen LogP contribution < -0.4 is 0 Å². The fourth-order valence-corrected chi connectivity index (χ4v) is 6.45. The molecule has 0 aliphatic carbocycles. The summed E-state index contributed by atoms with van der Waals surface area (Å²) < 4.78 is 0. The summed E-state index contributed by atoms with van der Waals surface area (Å²) in [6.07, 6.45) is 12.7. The molecule has 0 radical (unpaired) electrons. The highest BCUT2D eigenvalue weighted by Crippen LogP contribution is 2.56. The number of thioether (sulfide) groups is 2. The molecule has 3 rings (SSSR count). The molecule has 0 N–H and O–H groups in total. The number of hydrogen-bond acceptors (Lipinski definition) is 2. The van der Waals surface area contributed by atoms with Gasteiger partial charge in [-0.1, -0.05) is 129 Å². The first-order chi connectivity index (χ1) is 16.4. The Hall–Kier alpha value is -2.68. The topological polar surface area (TPSA) is 0 Å². The predicted octanol–water partition coefficient (Wildman–Crippen LogP) is 10.6. The largest absolute Gasteiger partial charge is 0.0912 e. The molecule has 0 saturated heterocycles. The van der Waals surface area contributed by atoms with Crippen LogP contribution in [0.3, 0.4) is 0 Å². The summed E-state index contributed by atoms with van der Waals surface area (Å²) in [5, 5.41) is 0. The van der Waals surface area contributed by atoms with Gasteiger partial charge >= 0.3 is 0 Å². The van der Waals surface area contributed by atoms with Crippen molar-refractivity contribution >= 4 is 23.5 Å². The van der Waals surface area contributed by atoms with Crippen molar-refractivity contribution < 1.29 is 0 Å². The molecular weight excluding hydrogens is 448 g/mol. The van der Waals surface area contributed by atoms with Crippen LogP contribution in [-0.4, -0.2) is 0 Å². The highest BCUT2D eigenvalue weighted by Gasteiger charge is 2.27. The van der Waals surface area contributed by atoms with Crippen molar-refractivity contribution in [3.05, 3.63) is 130 Å². The molecule has 2 heteroatoms. The normalized spacial score (nSPS) is 14.1. The minimum absolute atomic E-state index is 0.956. The van der Waals surface area contributed by atoms with Crippen molar-refractivity contribution in [1.82, 2.24) is 0 Å². The van der Waals surface area contributed by atoms with Crippen molar-refractivity contribution in [3.8, 4) is 11.1 Å². The highest BCUT2D eigenvalue weighted by atomic mass is 32.2. The van der Waals surface area contributed by atoms with Gasteiger partial charge in [0.15, 0.2) is 0 Å². The Morgan fingerprint density at radius 3 is 2.26 bits per heavy atom. The Labute approximate surface area is 214 Å². The second-order valence-corrected chi connectivity index (χ2v) is 10.4. The van der Waals surface area contributed by atoms with Gasteiger partial charge in [0.2, 0.25) is 0 Å². The second kappa shape index (κ2) is 12.1. The van der Waals surface area contributed by atoms with Crippen LogP contribution >= 0.6 is 23.5 Å². The van der Waals surface area contributed by atoms with Gasteiger partial charge in [-0.3, -0.25) is 0 Å². The van der Waals surface area contributed by atoms with Gasteiger partial charge in [-0.05, 0) is 66.2 Å². The number of fused-ring (bicyclic) bond motifs is 1. The van der Waals surface area contributed by atoms with E-state index >= 15 is 0 Å². The molecule has 1 aliphatic heterocycles. The second-order valence-electron chi connectivity index (χ2n) is 8.37. The highest BCUT2D eigenvalue weighted by molar-refractivity contribution is 8.09. The summed E-state index contributed by atoms with van der Waals surface area (Å²) in [6, 6.07) is 15.1. The third-order valence-corrected chi connectivity index (χ3v) is 8.66.